The maximum Gasteiger partial charge on any atom is 0.255 e. The van der Waals surface area contributed by atoms with Gasteiger partial charge in [0, 0.05) is 10.9 Å². The molecule has 0 aliphatic heterocycles. The fourth-order valence-electron chi connectivity index (χ4n) is 2.68. The zero-order valence-electron chi connectivity index (χ0n) is 13.3. The second-order valence-corrected chi connectivity index (χ2v) is 5.48. The third-order valence-corrected chi connectivity index (χ3v) is 3.77. The third kappa shape index (κ3) is 2.88. The molecule has 0 fully saturated rings. The molecule has 0 saturated carbocycles. The minimum Gasteiger partial charge on any atom is -0.321 e. The monoisotopic (exact) mass is 322 g/mol. The molecule has 4 nitrogen and oxygen atoms in total. The smallest absolute Gasteiger partial charge is 0.255 e. The molecule has 24 heavy (non-hydrogen) atoms. The van der Waals surface area contributed by atoms with Gasteiger partial charge in [-0.15, -0.1) is 0 Å². The molecule has 0 aliphatic carbocycles. The molecule has 5 heteroatoms. The summed E-state index contributed by atoms with van der Waals surface area (Å²) < 4.78 is 13.0. The summed E-state index contributed by atoms with van der Waals surface area (Å²) in [5.74, 6) is -1.01. The third-order valence-electron chi connectivity index (χ3n) is 3.77. The van der Waals surface area contributed by atoms with E-state index >= 15 is 0 Å². The van der Waals surface area contributed by atoms with Crippen molar-refractivity contribution in [2.24, 2.45) is 0 Å². The van der Waals surface area contributed by atoms with Crippen LogP contribution in [0, 0.1) is 12.7 Å². The first-order chi connectivity index (χ1) is 11.5. The van der Waals surface area contributed by atoms with Crippen LogP contribution in [0.15, 0.2) is 48.5 Å². The van der Waals surface area contributed by atoms with Gasteiger partial charge in [-0.3, -0.25) is 14.6 Å². The number of Topliss-reactive ketones (excluding diaryl/α,β-unsaturated/α-hetero) is 1. The number of anilines is 1. The second-order valence-electron chi connectivity index (χ2n) is 5.48. The van der Waals surface area contributed by atoms with Gasteiger partial charge in [-0.05, 0) is 44.2 Å². The molecule has 1 heterocycles. The van der Waals surface area contributed by atoms with E-state index in [0.717, 1.165) is 0 Å². The summed E-state index contributed by atoms with van der Waals surface area (Å²) in [6.07, 6.45) is 0. The van der Waals surface area contributed by atoms with Crippen molar-refractivity contribution in [1.29, 1.82) is 0 Å². The number of carbonyl (C=O) groups is 2. The molecule has 120 valence electrons. The number of nitrogens with zero attached hydrogens (tertiary/aromatic N) is 1. The van der Waals surface area contributed by atoms with Crippen LogP contribution in [0.2, 0.25) is 0 Å². The van der Waals surface area contributed by atoms with Crippen LogP contribution in [0.25, 0.3) is 10.9 Å². The van der Waals surface area contributed by atoms with E-state index < -0.39 is 11.7 Å². The molecule has 2 aromatic carbocycles. The number of para-hydroxylation sites is 1. The number of pyridine rings is 1. The first-order valence-corrected chi connectivity index (χ1v) is 7.44. The van der Waals surface area contributed by atoms with Crippen molar-refractivity contribution in [2.45, 2.75) is 13.8 Å². The standard InChI is InChI=1S/C19H15FN2O2/c1-11-17(12(2)23)18(15-5-3-4-6-16(15)21-11)22-19(24)13-7-9-14(20)10-8-13/h3-10H,1-2H3,(H,21,22,24). The zero-order valence-corrected chi connectivity index (χ0v) is 13.3. The van der Waals surface area contributed by atoms with Gasteiger partial charge in [-0.25, -0.2) is 4.39 Å². The fraction of sp³-hybridized carbons (Fsp3) is 0.105. The molecule has 0 unspecified atom stereocenters. The Labute approximate surface area is 138 Å². The van der Waals surface area contributed by atoms with Crippen molar-refractivity contribution in [1.82, 2.24) is 4.98 Å². The molecule has 3 rings (SSSR count). The van der Waals surface area contributed by atoms with E-state index in [-0.39, 0.29) is 5.78 Å². The highest BCUT2D eigenvalue weighted by Crippen LogP contribution is 2.29. The van der Waals surface area contributed by atoms with Gasteiger partial charge < -0.3 is 5.32 Å². The average molecular weight is 322 g/mol. The summed E-state index contributed by atoms with van der Waals surface area (Å²) in [5, 5.41) is 3.47. The number of aryl methyl sites for hydroxylation is 1. The Hall–Kier alpha value is -3.08. The molecule has 0 spiro atoms. The minimum absolute atomic E-state index is 0.180. The van der Waals surface area contributed by atoms with Gasteiger partial charge in [0.05, 0.1) is 22.5 Å². The predicted molar refractivity (Wildman–Crippen MR) is 90.8 cm³/mol. The molecule has 3 aromatic rings. The first-order valence-electron chi connectivity index (χ1n) is 7.44. The van der Waals surface area contributed by atoms with Crippen LogP contribution in [0.5, 0.6) is 0 Å². The average Bonchev–Trinajstić information content (AvgIpc) is 2.54. The van der Waals surface area contributed by atoms with E-state index in [0.29, 0.717) is 33.4 Å². The number of benzene rings is 2. The predicted octanol–water partition coefficient (Wildman–Crippen LogP) is 4.14. The number of hydrogen-bond donors (Lipinski definition) is 1. The lowest BCUT2D eigenvalue weighted by Gasteiger charge is -2.14. The first kappa shape index (κ1) is 15.8. The van der Waals surface area contributed by atoms with Crippen LogP contribution in [0.3, 0.4) is 0 Å². The van der Waals surface area contributed by atoms with E-state index in [2.05, 4.69) is 10.3 Å². The summed E-state index contributed by atoms with van der Waals surface area (Å²) in [5.41, 5.74) is 2.36. The Kier molecular flexibility index (Phi) is 4.08. The summed E-state index contributed by atoms with van der Waals surface area (Å²) in [6, 6.07) is 12.5. The topological polar surface area (TPSA) is 59.1 Å². The van der Waals surface area contributed by atoms with E-state index in [1.165, 1.54) is 31.2 Å². The number of halogens is 1. The molecule has 1 aromatic heterocycles. The summed E-state index contributed by atoms with van der Waals surface area (Å²) >= 11 is 0. The number of carbonyl (C=O) groups excluding carboxylic acids is 2. The lowest BCUT2D eigenvalue weighted by molar-refractivity contribution is 0.101. The lowest BCUT2D eigenvalue weighted by Crippen LogP contribution is -2.16. The van der Waals surface area contributed by atoms with Gasteiger partial charge >= 0.3 is 0 Å². The van der Waals surface area contributed by atoms with E-state index in [1.54, 1.807) is 13.0 Å². The number of rotatable bonds is 3. The molecular weight excluding hydrogens is 307 g/mol. The minimum atomic E-state index is -0.416. The van der Waals surface area contributed by atoms with Crippen molar-refractivity contribution in [3.8, 4) is 0 Å². The van der Waals surface area contributed by atoms with E-state index in [4.69, 9.17) is 0 Å². The van der Waals surface area contributed by atoms with Gasteiger partial charge in [-0.1, -0.05) is 18.2 Å². The van der Waals surface area contributed by atoms with Crippen molar-refractivity contribution >= 4 is 28.3 Å². The van der Waals surface area contributed by atoms with Gasteiger partial charge in [0.1, 0.15) is 5.82 Å². The quantitative estimate of drug-likeness (QED) is 0.737. The Balaban J connectivity index is 2.13. The summed E-state index contributed by atoms with van der Waals surface area (Å²) in [4.78, 5) is 29.0. The highest BCUT2D eigenvalue weighted by atomic mass is 19.1. The molecule has 1 N–H and O–H groups in total. The van der Waals surface area contributed by atoms with Crippen LogP contribution in [-0.2, 0) is 0 Å². The summed E-state index contributed by atoms with van der Waals surface area (Å²) in [7, 11) is 0. The molecule has 0 atom stereocenters. The SMILES string of the molecule is CC(=O)c1c(C)nc2ccccc2c1NC(=O)c1ccc(F)cc1. The van der Waals surface area contributed by atoms with Gasteiger partial charge in [0.2, 0.25) is 0 Å². The molecule has 0 radical (unpaired) electrons. The Morgan fingerprint density at radius 2 is 1.71 bits per heavy atom. The van der Waals surface area contributed by atoms with E-state index in [1.807, 2.05) is 18.2 Å². The number of nitrogens with one attached hydrogen (secondary N) is 1. The normalized spacial score (nSPS) is 10.6. The molecule has 0 aliphatic rings. The van der Waals surface area contributed by atoms with Crippen molar-refractivity contribution in [3.05, 3.63) is 71.2 Å². The molecule has 1 amide bonds. The van der Waals surface area contributed by atoms with Crippen LogP contribution in [-0.4, -0.2) is 16.7 Å². The highest BCUT2D eigenvalue weighted by molar-refractivity contribution is 6.15. The number of fused-ring (bicyclic) bond motifs is 1. The van der Waals surface area contributed by atoms with Crippen LogP contribution >= 0.6 is 0 Å². The van der Waals surface area contributed by atoms with Crippen LogP contribution in [0.1, 0.15) is 33.3 Å². The van der Waals surface area contributed by atoms with Gasteiger partial charge in [0.15, 0.2) is 5.78 Å². The van der Waals surface area contributed by atoms with Crippen molar-refractivity contribution in [3.63, 3.8) is 0 Å². The lowest BCUT2D eigenvalue weighted by atomic mass is 10.0. The molecule has 0 bridgehead atoms. The van der Waals surface area contributed by atoms with Gasteiger partial charge in [-0.2, -0.15) is 0 Å². The molecular formula is C19H15FN2O2. The van der Waals surface area contributed by atoms with Crippen molar-refractivity contribution < 1.29 is 14.0 Å². The van der Waals surface area contributed by atoms with Crippen LogP contribution in [0.4, 0.5) is 10.1 Å². The van der Waals surface area contributed by atoms with Crippen LogP contribution < -0.4 is 5.32 Å². The number of amides is 1. The number of ketones is 1. The Morgan fingerprint density at radius 3 is 2.38 bits per heavy atom. The largest absolute Gasteiger partial charge is 0.321 e. The Morgan fingerprint density at radius 1 is 1.04 bits per heavy atom. The van der Waals surface area contributed by atoms with Gasteiger partial charge in [0.25, 0.3) is 5.91 Å². The van der Waals surface area contributed by atoms with E-state index in [9.17, 15) is 14.0 Å². The fourth-order valence-corrected chi connectivity index (χ4v) is 2.68. The maximum absolute atomic E-state index is 13.0. The van der Waals surface area contributed by atoms with Crippen molar-refractivity contribution in [2.75, 3.05) is 5.32 Å². The number of aromatic nitrogens is 1. The Bertz CT molecular complexity index is 949. The highest BCUT2D eigenvalue weighted by Gasteiger charge is 2.18. The molecule has 0 saturated heterocycles. The second kappa shape index (κ2) is 6.20. The maximum atomic E-state index is 13.0. The zero-order chi connectivity index (χ0) is 17.3. The number of hydrogen-bond acceptors (Lipinski definition) is 3. The summed E-state index contributed by atoms with van der Waals surface area (Å²) in [6.45, 7) is 3.17.